The van der Waals surface area contributed by atoms with E-state index in [1.165, 1.54) is 24.0 Å². The molecule has 1 aromatic carbocycles. The highest BCUT2D eigenvalue weighted by Gasteiger charge is 2.19. The number of carbonyl (C=O) groups excluding carboxylic acids is 1. The second-order valence-electron chi connectivity index (χ2n) is 7.00. The molecule has 0 unspecified atom stereocenters. The third kappa shape index (κ3) is 5.85. The second-order valence-corrected chi connectivity index (χ2v) is 7.78. The van der Waals surface area contributed by atoms with Crippen LogP contribution in [0.3, 0.4) is 0 Å². The molecule has 1 fully saturated rings. The molecular weight excluding hydrogens is 344 g/mol. The van der Waals surface area contributed by atoms with Gasteiger partial charge in [-0.1, -0.05) is 12.1 Å². The number of hydrogen-bond donors (Lipinski definition) is 1. The van der Waals surface area contributed by atoms with E-state index < -0.39 is 0 Å². The fraction of sp³-hybridized carbons (Fsp3) is 0.476. The lowest BCUT2D eigenvalue weighted by molar-refractivity contribution is -0.121. The van der Waals surface area contributed by atoms with Crippen molar-refractivity contribution in [2.45, 2.75) is 32.2 Å². The molecule has 0 bridgehead atoms. The molecule has 3 rings (SSSR count). The number of methoxy groups -OCH3 is 1. The molecule has 2 heterocycles. The molecular formula is C21H28N2O2S. The van der Waals surface area contributed by atoms with Gasteiger partial charge in [-0.2, -0.15) is 11.3 Å². The summed E-state index contributed by atoms with van der Waals surface area (Å²) in [6, 6.07) is 10.1. The number of hydrogen-bond acceptors (Lipinski definition) is 4. The molecule has 4 nitrogen and oxygen atoms in total. The number of nitrogens with one attached hydrogen (secondary N) is 1. The number of aryl methyl sites for hydroxylation is 1. The van der Waals surface area contributed by atoms with E-state index in [9.17, 15) is 4.79 Å². The lowest BCUT2D eigenvalue weighted by Gasteiger charge is -2.31. The summed E-state index contributed by atoms with van der Waals surface area (Å²) in [6.07, 6.45) is 3.66. The van der Waals surface area contributed by atoms with Gasteiger partial charge in [-0.25, -0.2) is 0 Å². The first-order chi connectivity index (χ1) is 12.7. The van der Waals surface area contributed by atoms with Crippen LogP contribution in [0.2, 0.25) is 0 Å². The first-order valence-corrected chi connectivity index (χ1v) is 10.3. The number of rotatable bonds is 8. The Bertz CT molecular complexity index is 662. The highest BCUT2D eigenvalue weighted by molar-refractivity contribution is 7.07. The second kappa shape index (κ2) is 9.74. The number of thiophene rings is 1. The summed E-state index contributed by atoms with van der Waals surface area (Å²) < 4.78 is 5.15. The Morgan fingerprint density at radius 1 is 1.19 bits per heavy atom. The van der Waals surface area contributed by atoms with E-state index in [4.69, 9.17) is 4.74 Å². The third-order valence-corrected chi connectivity index (χ3v) is 5.81. The van der Waals surface area contributed by atoms with Crippen molar-refractivity contribution in [2.24, 2.45) is 5.92 Å². The molecule has 140 valence electrons. The van der Waals surface area contributed by atoms with Gasteiger partial charge in [0.25, 0.3) is 0 Å². The zero-order valence-electron chi connectivity index (χ0n) is 15.4. The van der Waals surface area contributed by atoms with Crippen molar-refractivity contribution in [3.8, 4) is 5.75 Å². The van der Waals surface area contributed by atoms with Crippen LogP contribution >= 0.6 is 11.3 Å². The largest absolute Gasteiger partial charge is 0.497 e. The zero-order valence-corrected chi connectivity index (χ0v) is 16.3. The summed E-state index contributed by atoms with van der Waals surface area (Å²) in [5.74, 6) is 1.61. The van der Waals surface area contributed by atoms with Crippen molar-refractivity contribution in [2.75, 3.05) is 26.7 Å². The monoisotopic (exact) mass is 372 g/mol. The molecule has 2 aromatic rings. The molecule has 0 spiro atoms. The topological polar surface area (TPSA) is 41.6 Å². The minimum atomic E-state index is 0.154. The smallest absolute Gasteiger partial charge is 0.220 e. The fourth-order valence-corrected chi connectivity index (χ4v) is 4.05. The van der Waals surface area contributed by atoms with Gasteiger partial charge < -0.3 is 10.1 Å². The first-order valence-electron chi connectivity index (χ1n) is 9.36. The van der Waals surface area contributed by atoms with Crippen LogP contribution in [0.1, 0.15) is 30.4 Å². The van der Waals surface area contributed by atoms with Gasteiger partial charge in [0.1, 0.15) is 5.75 Å². The highest BCUT2D eigenvalue weighted by Crippen LogP contribution is 2.19. The normalized spacial score (nSPS) is 15.7. The van der Waals surface area contributed by atoms with Crippen LogP contribution in [-0.2, 0) is 17.8 Å². The Balaban J connectivity index is 1.31. The van der Waals surface area contributed by atoms with Gasteiger partial charge in [-0.15, -0.1) is 0 Å². The van der Waals surface area contributed by atoms with Crippen molar-refractivity contribution in [1.82, 2.24) is 10.2 Å². The average Bonchev–Trinajstić information content (AvgIpc) is 3.19. The molecule has 0 radical (unpaired) electrons. The van der Waals surface area contributed by atoms with E-state index in [-0.39, 0.29) is 5.91 Å². The van der Waals surface area contributed by atoms with Crippen molar-refractivity contribution < 1.29 is 9.53 Å². The van der Waals surface area contributed by atoms with E-state index in [2.05, 4.69) is 27.0 Å². The molecule has 0 aliphatic carbocycles. The average molecular weight is 373 g/mol. The molecule has 1 N–H and O–H groups in total. The Morgan fingerprint density at radius 2 is 1.96 bits per heavy atom. The molecule has 1 aliphatic rings. The van der Waals surface area contributed by atoms with Crippen molar-refractivity contribution in [1.29, 1.82) is 0 Å². The van der Waals surface area contributed by atoms with Gasteiger partial charge in [-0.05, 0) is 78.4 Å². The molecule has 26 heavy (non-hydrogen) atoms. The molecule has 1 saturated heterocycles. The standard InChI is InChI=1S/C21H28N2O2S/c1-25-20-5-2-17(3-6-20)4-7-21(24)22-14-18-8-11-23(12-9-18)15-19-10-13-26-16-19/h2-3,5-6,10,13,16,18H,4,7-9,11-12,14-15H2,1H3,(H,22,24). The molecule has 1 amide bonds. The summed E-state index contributed by atoms with van der Waals surface area (Å²) in [5, 5.41) is 7.50. The number of benzene rings is 1. The number of nitrogens with zero attached hydrogens (tertiary/aromatic N) is 1. The first kappa shape index (κ1) is 18.9. The summed E-state index contributed by atoms with van der Waals surface area (Å²) in [7, 11) is 1.66. The summed E-state index contributed by atoms with van der Waals surface area (Å²) in [6.45, 7) is 4.13. The van der Waals surface area contributed by atoms with Crippen LogP contribution in [0, 0.1) is 5.92 Å². The Kier molecular flexibility index (Phi) is 7.09. The summed E-state index contributed by atoms with van der Waals surface area (Å²) in [4.78, 5) is 14.6. The Morgan fingerprint density at radius 3 is 2.62 bits per heavy atom. The molecule has 5 heteroatoms. The van der Waals surface area contributed by atoms with Gasteiger partial charge in [0.05, 0.1) is 7.11 Å². The number of carbonyl (C=O) groups is 1. The zero-order chi connectivity index (χ0) is 18.2. The Hall–Kier alpha value is -1.85. The van der Waals surface area contributed by atoms with Crippen LogP contribution in [0.4, 0.5) is 0 Å². The molecule has 1 aromatic heterocycles. The molecule has 1 aliphatic heterocycles. The summed E-state index contributed by atoms with van der Waals surface area (Å²) >= 11 is 1.76. The Labute approximate surface area is 160 Å². The van der Waals surface area contributed by atoms with Crippen molar-refractivity contribution >= 4 is 17.2 Å². The molecule has 0 saturated carbocycles. The maximum Gasteiger partial charge on any atom is 0.220 e. The van der Waals surface area contributed by atoms with E-state index in [1.807, 2.05) is 24.3 Å². The SMILES string of the molecule is COc1ccc(CCC(=O)NCC2CCN(Cc3ccsc3)CC2)cc1. The van der Waals surface area contributed by atoms with E-state index in [0.29, 0.717) is 12.3 Å². The maximum absolute atomic E-state index is 12.1. The third-order valence-electron chi connectivity index (χ3n) is 5.08. The fourth-order valence-electron chi connectivity index (χ4n) is 3.39. The lowest BCUT2D eigenvalue weighted by atomic mass is 9.96. The quantitative estimate of drug-likeness (QED) is 0.768. The maximum atomic E-state index is 12.1. The minimum absolute atomic E-state index is 0.154. The van der Waals surface area contributed by atoms with E-state index in [0.717, 1.165) is 38.3 Å². The van der Waals surface area contributed by atoms with Crippen LogP contribution in [0.25, 0.3) is 0 Å². The van der Waals surface area contributed by atoms with Crippen LogP contribution < -0.4 is 10.1 Å². The number of piperidine rings is 1. The van der Waals surface area contributed by atoms with Crippen molar-refractivity contribution in [3.05, 3.63) is 52.2 Å². The number of amides is 1. The summed E-state index contributed by atoms with van der Waals surface area (Å²) in [5.41, 5.74) is 2.59. The number of ether oxygens (including phenoxy) is 1. The highest BCUT2D eigenvalue weighted by atomic mass is 32.1. The number of likely N-dealkylation sites (tertiary alicyclic amines) is 1. The lowest BCUT2D eigenvalue weighted by Crippen LogP contribution is -2.38. The van der Waals surface area contributed by atoms with Gasteiger partial charge >= 0.3 is 0 Å². The van der Waals surface area contributed by atoms with Gasteiger partial charge in [0.15, 0.2) is 0 Å². The predicted octanol–water partition coefficient (Wildman–Crippen LogP) is 3.72. The predicted molar refractivity (Wildman–Crippen MR) is 107 cm³/mol. The van der Waals surface area contributed by atoms with Crippen LogP contribution in [-0.4, -0.2) is 37.6 Å². The van der Waals surface area contributed by atoms with E-state index in [1.54, 1.807) is 18.4 Å². The minimum Gasteiger partial charge on any atom is -0.497 e. The van der Waals surface area contributed by atoms with Crippen LogP contribution in [0.15, 0.2) is 41.1 Å². The van der Waals surface area contributed by atoms with Gasteiger partial charge in [0.2, 0.25) is 5.91 Å². The van der Waals surface area contributed by atoms with E-state index >= 15 is 0 Å². The van der Waals surface area contributed by atoms with Crippen molar-refractivity contribution in [3.63, 3.8) is 0 Å². The van der Waals surface area contributed by atoms with Gasteiger partial charge in [-0.3, -0.25) is 9.69 Å². The van der Waals surface area contributed by atoms with Crippen LogP contribution in [0.5, 0.6) is 5.75 Å². The molecule has 0 atom stereocenters. The van der Waals surface area contributed by atoms with Gasteiger partial charge in [0, 0.05) is 19.5 Å².